The molecule has 0 saturated heterocycles. The zero-order valence-corrected chi connectivity index (χ0v) is 17.5. The number of methoxy groups -OCH3 is 1. The number of benzene rings is 2. The molecule has 0 fully saturated rings. The molecule has 31 heavy (non-hydrogen) atoms. The Kier molecular flexibility index (Phi) is 6.33. The van der Waals surface area contributed by atoms with Gasteiger partial charge in [-0.15, -0.1) is 0 Å². The highest BCUT2D eigenvalue weighted by Gasteiger charge is 2.16. The SMILES string of the molecule is COc1cccc(CCNC(=O)c2cn(CCCO)c3cc(-c4cn[nH]c4)ccc23)c1. The Bertz CT molecular complexity index is 1170. The fraction of sp³-hybridized carbons (Fsp3) is 0.250. The molecule has 160 valence electrons. The number of nitrogens with one attached hydrogen (secondary N) is 2. The number of carbonyl (C=O) groups excluding carboxylic acids is 1. The van der Waals surface area contributed by atoms with Gasteiger partial charge in [0.05, 0.1) is 18.9 Å². The second-order valence-corrected chi connectivity index (χ2v) is 7.39. The van der Waals surface area contributed by atoms with Crippen molar-refractivity contribution in [3.05, 3.63) is 72.2 Å². The molecule has 3 N–H and O–H groups in total. The third-order valence-electron chi connectivity index (χ3n) is 5.35. The molecule has 2 aromatic carbocycles. The van der Waals surface area contributed by atoms with Crippen LogP contribution in [0, 0.1) is 0 Å². The second kappa shape index (κ2) is 9.49. The highest BCUT2D eigenvalue weighted by Crippen LogP contribution is 2.28. The van der Waals surface area contributed by atoms with Crippen molar-refractivity contribution in [2.75, 3.05) is 20.3 Å². The average molecular weight is 418 g/mol. The summed E-state index contributed by atoms with van der Waals surface area (Å²) in [5.74, 6) is 0.705. The molecule has 2 aromatic heterocycles. The number of H-pyrrole nitrogens is 1. The van der Waals surface area contributed by atoms with Gasteiger partial charge in [-0.3, -0.25) is 9.89 Å². The fourth-order valence-corrected chi connectivity index (χ4v) is 3.73. The first-order valence-corrected chi connectivity index (χ1v) is 10.3. The van der Waals surface area contributed by atoms with E-state index in [-0.39, 0.29) is 12.5 Å². The summed E-state index contributed by atoms with van der Waals surface area (Å²) in [6, 6.07) is 13.9. The van der Waals surface area contributed by atoms with E-state index in [1.54, 1.807) is 13.3 Å². The lowest BCUT2D eigenvalue weighted by Crippen LogP contribution is -2.25. The van der Waals surface area contributed by atoms with Crippen molar-refractivity contribution in [1.29, 1.82) is 0 Å². The Hall–Kier alpha value is -3.58. The second-order valence-electron chi connectivity index (χ2n) is 7.39. The first-order chi connectivity index (χ1) is 15.2. The third kappa shape index (κ3) is 4.62. The number of nitrogens with zero attached hydrogens (tertiary/aromatic N) is 2. The number of hydrogen-bond donors (Lipinski definition) is 3. The van der Waals surface area contributed by atoms with Crippen molar-refractivity contribution in [1.82, 2.24) is 20.1 Å². The van der Waals surface area contributed by atoms with Gasteiger partial charge in [0.2, 0.25) is 0 Å². The number of aliphatic hydroxyl groups is 1. The highest BCUT2D eigenvalue weighted by atomic mass is 16.5. The van der Waals surface area contributed by atoms with E-state index < -0.39 is 0 Å². The van der Waals surface area contributed by atoms with Gasteiger partial charge in [0.1, 0.15) is 5.75 Å². The fourth-order valence-electron chi connectivity index (χ4n) is 3.73. The molecular weight excluding hydrogens is 392 g/mol. The summed E-state index contributed by atoms with van der Waals surface area (Å²) < 4.78 is 7.29. The molecule has 0 aliphatic heterocycles. The van der Waals surface area contributed by atoms with E-state index in [0.29, 0.717) is 25.1 Å². The van der Waals surface area contributed by atoms with E-state index in [2.05, 4.69) is 21.6 Å². The quantitative estimate of drug-likeness (QED) is 0.388. The summed E-state index contributed by atoms with van der Waals surface area (Å²) in [6.07, 6.45) is 6.83. The summed E-state index contributed by atoms with van der Waals surface area (Å²) in [4.78, 5) is 13.0. The average Bonchev–Trinajstić information content (AvgIpc) is 3.46. The molecule has 4 aromatic rings. The Morgan fingerprint density at radius 2 is 2.13 bits per heavy atom. The normalized spacial score (nSPS) is 11.0. The molecule has 2 heterocycles. The van der Waals surface area contributed by atoms with E-state index in [1.165, 1.54) is 0 Å². The molecule has 4 rings (SSSR count). The number of aromatic amines is 1. The van der Waals surface area contributed by atoms with Crippen molar-refractivity contribution in [2.45, 2.75) is 19.4 Å². The van der Waals surface area contributed by atoms with E-state index >= 15 is 0 Å². The van der Waals surface area contributed by atoms with Crippen LogP contribution >= 0.6 is 0 Å². The summed E-state index contributed by atoms with van der Waals surface area (Å²) in [5.41, 5.74) is 4.72. The topological polar surface area (TPSA) is 92.2 Å². The van der Waals surface area contributed by atoms with Gasteiger partial charge in [-0.1, -0.05) is 24.3 Å². The molecule has 0 saturated carbocycles. The van der Waals surface area contributed by atoms with E-state index in [9.17, 15) is 9.90 Å². The molecule has 0 bridgehead atoms. The van der Waals surface area contributed by atoms with Crippen LogP contribution in [0.25, 0.3) is 22.0 Å². The van der Waals surface area contributed by atoms with Crippen molar-refractivity contribution in [2.24, 2.45) is 0 Å². The minimum absolute atomic E-state index is 0.100. The molecular formula is C24H26N4O3. The summed E-state index contributed by atoms with van der Waals surface area (Å²) in [6.45, 7) is 1.27. The number of carbonyl (C=O) groups is 1. The predicted octanol–water partition coefficient (Wildman–Crippen LogP) is 3.39. The molecule has 0 radical (unpaired) electrons. The van der Waals surface area contributed by atoms with Gasteiger partial charge in [0, 0.05) is 48.6 Å². The number of aliphatic hydroxyl groups excluding tert-OH is 1. The number of aryl methyl sites for hydroxylation is 1. The molecule has 7 nitrogen and oxygen atoms in total. The number of ether oxygens (including phenoxy) is 1. The zero-order chi connectivity index (χ0) is 21.6. The largest absolute Gasteiger partial charge is 0.497 e. The first-order valence-electron chi connectivity index (χ1n) is 10.3. The Morgan fingerprint density at radius 1 is 1.23 bits per heavy atom. The van der Waals surface area contributed by atoms with Gasteiger partial charge in [-0.25, -0.2) is 0 Å². The smallest absolute Gasteiger partial charge is 0.253 e. The van der Waals surface area contributed by atoms with Crippen LogP contribution in [0.2, 0.25) is 0 Å². The maximum atomic E-state index is 13.0. The van der Waals surface area contributed by atoms with E-state index in [4.69, 9.17) is 4.74 Å². The van der Waals surface area contributed by atoms with Crippen LogP contribution in [0.15, 0.2) is 61.1 Å². The maximum absolute atomic E-state index is 13.0. The summed E-state index contributed by atoms with van der Waals surface area (Å²) in [7, 11) is 1.64. The van der Waals surface area contributed by atoms with E-state index in [1.807, 2.05) is 53.4 Å². The van der Waals surface area contributed by atoms with Crippen LogP contribution in [-0.2, 0) is 13.0 Å². The number of hydrogen-bond acceptors (Lipinski definition) is 4. The lowest BCUT2D eigenvalue weighted by molar-refractivity contribution is 0.0955. The van der Waals surface area contributed by atoms with Crippen molar-refractivity contribution in [3.8, 4) is 16.9 Å². The van der Waals surface area contributed by atoms with Crippen molar-refractivity contribution in [3.63, 3.8) is 0 Å². The van der Waals surface area contributed by atoms with Gasteiger partial charge in [-0.2, -0.15) is 5.10 Å². The van der Waals surface area contributed by atoms with Crippen molar-refractivity contribution < 1.29 is 14.6 Å². The number of fused-ring (bicyclic) bond motifs is 1. The monoisotopic (exact) mass is 418 g/mol. The Balaban J connectivity index is 1.54. The Morgan fingerprint density at radius 3 is 2.90 bits per heavy atom. The van der Waals surface area contributed by atoms with Crippen LogP contribution in [0.5, 0.6) is 5.75 Å². The molecule has 0 aliphatic carbocycles. The Labute approximate surface area is 180 Å². The van der Waals surface area contributed by atoms with Crippen LogP contribution < -0.4 is 10.1 Å². The van der Waals surface area contributed by atoms with E-state index in [0.717, 1.165) is 39.8 Å². The first kappa shape index (κ1) is 20.7. The zero-order valence-electron chi connectivity index (χ0n) is 17.5. The maximum Gasteiger partial charge on any atom is 0.253 e. The standard InChI is InChI=1S/C24H26N4O3/c1-31-20-5-2-4-17(12-20)8-9-25-24(30)22-16-28(10-3-11-29)23-13-18(6-7-21(22)23)19-14-26-27-15-19/h2,4-7,12-16,29H,3,8-11H2,1H3,(H,25,30)(H,26,27). The number of rotatable bonds is 9. The molecule has 0 aliphatic rings. The molecule has 0 atom stereocenters. The summed E-state index contributed by atoms with van der Waals surface area (Å²) >= 11 is 0. The van der Waals surface area contributed by atoms with Gasteiger partial charge in [-0.05, 0) is 42.2 Å². The minimum atomic E-state index is -0.105. The lowest BCUT2D eigenvalue weighted by atomic mass is 10.1. The minimum Gasteiger partial charge on any atom is -0.497 e. The van der Waals surface area contributed by atoms with Crippen LogP contribution in [0.1, 0.15) is 22.3 Å². The molecule has 7 heteroatoms. The lowest BCUT2D eigenvalue weighted by Gasteiger charge is -2.06. The van der Waals surface area contributed by atoms with Crippen molar-refractivity contribution >= 4 is 16.8 Å². The van der Waals surface area contributed by atoms with Crippen LogP contribution in [0.4, 0.5) is 0 Å². The highest BCUT2D eigenvalue weighted by molar-refractivity contribution is 6.07. The van der Waals surface area contributed by atoms with Crippen LogP contribution in [-0.4, -0.2) is 46.0 Å². The van der Waals surface area contributed by atoms with Gasteiger partial charge in [0.15, 0.2) is 0 Å². The molecule has 0 spiro atoms. The van der Waals surface area contributed by atoms with Gasteiger partial charge < -0.3 is 19.7 Å². The third-order valence-corrected chi connectivity index (χ3v) is 5.35. The van der Waals surface area contributed by atoms with Crippen LogP contribution in [0.3, 0.4) is 0 Å². The van der Waals surface area contributed by atoms with Gasteiger partial charge in [0.25, 0.3) is 5.91 Å². The summed E-state index contributed by atoms with van der Waals surface area (Å²) in [5, 5.41) is 20.0. The molecule has 1 amide bonds. The number of amides is 1. The predicted molar refractivity (Wildman–Crippen MR) is 120 cm³/mol. The van der Waals surface area contributed by atoms with Gasteiger partial charge >= 0.3 is 0 Å². The molecule has 0 unspecified atom stereocenters. The number of aromatic nitrogens is 3.